The van der Waals surface area contributed by atoms with Crippen LogP contribution in [0.4, 0.5) is 0 Å². The van der Waals surface area contributed by atoms with Crippen LogP contribution in [0.1, 0.15) is 58.9 Å². The summed E-state index contributed by atoms with van der Waals surface area (Å²) in [6, 6.07) is 11.2. The first-order valence-corrected chi connectivity index (χ1v) is 11.3. The molecule has 7 nitrogen and oxygen atoms in total. The number of carboxylic acid groups (broad SMARTS) is 1. The third-order valence-electron chi connectivity index (χ3n) is 6.02. The predicted molar refractivity (Wildman–Crippen MR) is 126 cm³/mol. The van der Waals surface area contributed by atoms with Crippen LogP contribution in [0.3, 0.4) is 0 Å². The Bertz CT molecular complexity index is 1010. The summed E-state index contributed by atoms with van der Waals surface area (Å²) in [7, 11) is 1.40. The Hall–Kier alpha value is -3.06. The van der Waals surface area contributed by atoms with E-state index in [0.717, 1.165) is 12.8 Å². The lowest BCUT2D eigenvalue weighted by molar-refractivity contribution is -0.135. The molecule has 1 aliphatic heterocycles. The zero-order valence-electron chi connectivity index (χ0n) is 19.0. The minimum absolute atomic E-state index is 0.0591. The number of amides is 2. The third-order valence-corrected chi connectivity index (χ3v) is 6.27. The Kier molecular flexibility index (Phi) is 7.97. The van der Waals surface area contributed by atoms with Crippen molar-refractivity contribution in [3.8, 4) is 5.75 Å². The number of carbonyl (C=O) groups is 3. The van der Waals surface area contributed by atoms with Crippen molar-refractivity contribution in [3.05, 3.63) is 64.2 Å². The highest BCUT2D eigenvalue weighted by Gasteiger charge is 2.32. The van der Waals surface area contributed by atoms with E-state index < -0.39 is 17.9 Å². The minimum atomic E-state index is -1.16. The Morgan fingerprint density at radius 2 is 1.67 bits per heavy atom. The van der Waals surface area contributed by atoms with E-state index >= 15 is 0 Å². The number of methoxy groups -OCH3 is 1. The molecule has 1 saturated heterocycles. The molecule has 176 valence electrons. The molecule has 1 fully saturated rings. The molecule has 0 radical (unpaired) electrons. The second-order valence-electron chi connectivity index (χ2n) is 8.60. The Balaban J connectivity index is 1.68. The van der Waals surface area contributed by atoms with E-state index in [1.54, 1.807) is 4.90 Å². The molecule has 2 amide bonds. The smallest absolute Gasteiger partial charge is 0.335 e. The van der Waals surface area contributed by atoms with Crippen LogP contribution in [0.15, 0.2) is 42.5 Å². The van der Waals surface area contributed by atoms with Crippen LogP contribution in [0.5, 0.6) is 5.75 Å². The van der Waals surface area contributed by atoms with E-state index in [2.05, 4.69) is 5.32 Å². The van der Waals surface area contributed by atoms with E-state index in [9.17, 15) is 19.5 Å². The average Bonchev–Trinajstić information content (AvgIpc) is 2.82. The maximum Gasteiger partial charge on any atom is 0.335 e. The summed E-state index contributed by atoms with van der Waals surface area (Å²) in [5.74, 6) is -1.32. The number of rotatable bonds is 7. The van der Waals surface area contributed by atoms with Gasteiger partial charge in [-0.1, -0.05) is 37.6 Å². The summed E-state index contributed by atoms with van der Waals surface area (Å²) in [5, 5.41) is 12.8. The molecule has 0 aromatic heterocycles. The number of nitrogens with zero attached hydrogens (tertiary/aromatic N) is 1. The summed E-state index contributed by atoms with van der Waals surface area (Å²) >= 11 is 5.98. The van der Waals surface area contributed by atoms with Gasteiger partial charge >= 0.3 is 5.97 Å². The third kappa shape index (κ3) is 6.05. The number of nitrogens with one attached hydrogen (secondary N) is 1. The van der Waals surface area contributed by atoms with E-state index in [1.807, 2.05) is 38.1 Å². The molecule has 1 heterocycles. The highest BCUT2D eigenvalue weighted by atomic mass is 35.5. The molecular formula is C25H29ClN2O5. The Morgan fingerprint density at radius 3 is 2.21 bits per heavy atom. The first-order chi connectivity index (χ1) is 15.7. The zero-order valence-corrected chi connectivity index (χ0v) is 19.8. The lowest BCUT2D eigenvalue weighted by Crippen LogP contribution is -2.52. The van der Waals surface area contributed by atoms with Crippen LogP contribution in [0, 0.1) is 5.92 Å². The molecule has 0 aliphatic carbocycles. The van der Waals surface area contributed by atoms with E-state index in [1.165, 1.54) is 30.9 Å². The summed E-state index contributed by atoms with van der Waals surface area (Å²) in [5.41, 5.74) is 1.29. The number of hydrogen-bond acceptors (Lipinski definition) is 4. The summed E-state index contributed by atoms with van der Waals surface area (Å²) in [6.45, 7) is 4.95. The van der Waals surface area contributed by atoms with Crippen LogP contribution in [-0.4, -0.2) is 54.0 Å². The molecule has 0 unspecified atom stereocenters. The van der Waals surface area contributed by atoms with E-state index in [4.69, 9.17) is 16.3 Å². The highest BCUT2D eigenvalue weighted by Crippen LogP contribution is 2.29. The first kappa shape index (κ1) is 24.6. The second kappa shape index (κ2) is 10.7. The number of ether oxygens (including phenoxy) is 1. The lowest BCUT2D eigenvalue weighted by atomic mass is 9.89. The number of aromatic carboxylic acids is 1. The van der Waals surface area contributed by atoms with Crippen molar-refractivity contribution in [3.63, 3.8) is 0 Å². The van der Waals surface area contributed by atoms with Crippen LogP contribution in [-0.2, 0) is 4.79 Å². The van der Waals surface area contributed by atoms with Crippen molar-refractivity contribution in [1.29, 1.82) is 0 Å². The summed E-state index contributed by atoms with van der Waals surface area (Å²) in [4.78, 5) is 39.4. The van der Waals surface area contributed by atoms with Gasteiger partial charge in [0.15, 0.2) is 0 Å². The SMILES string of the molecule is COc1cc(C(=O)O)cc(C(=O)N[C@@H](C(=O)N2CCC(c3ccc(Cl)cc3)CC2)C(C)C)c1. The van der Waals surface area contributed by atoms with E-state index in [-0.39, 0.29) is 28.7 Å². The summed E-state index contributed by atoms with van der Waals surface area (Å²) in [6.07, 6.45) is 1.67. The van der Waals surface area contributed by atoms with Gasteiger partial charge in [-0.3, -0.25) is 9.59 Å². The molecule has 3 rings (SSSR count). The fourth-order valence-electron chi connectivity index (χ4n) is 4.07. The van der Waals surface area contributed by atoms with Gasteiger partial charge in [0.05, 0.1) is 12.7 Å². The maximum absolute atomic E-state index is 13.3. The van der Waals surface area contributed by atoms with Crippen LogP contribution in [0.2, 0.25) is 5.02 Å². The first-order valence-electron chi connectivity index (χ1n) is 11.0. The number of likely N-dealkylation sites (tertiary alicyclic amines) is 1. The molecular weight excluding hydrogens is 444 g/mol. The van der Waals surface area contributed by atoms with Crippen molar-refractivity contribution in [2.24, 2.45) is 5.92 Å². The van der Waals surface area contributed by atoms with Gasteiger partial charge in [0.25, 0.3) is 5.91 Å². The largest absolute Gasteiger partial charge is 0.497 e. The van der Waals surface area contributed by atoms with Gasteiger partial charge < -0.3 is 20.1 Å². The lowest BCUT2D eigenvalue weighted by Gasteiger charge is -2.35. The van der Waals surface area contributed by atoms with Crippen molar-refractivity contribution in [1.82, 2.24) is 10.2 Å². The second-order valence-corrected chi connectivity index (χ2v) is 9.04. The topological polar surface area (TPSA) is 95.9 Å². The van der Waals surface area contributed by atoms with Crippen molar-refractivity contribution >= 4 is 29.4 Å². The number of carboxylic acids is 1. The average molecular weight is 473 g/mol. The molecule has 1 aliphatic rings. The molecule has 0 bridgehead atoms. The number of benzene rings is 2. The predicted octanol–water partition coefficient (Wildman–Crippen LogP) is 4.21. The fourth-order valence-corrected chi connectivity index (χ4v) is 4.20. The van der Waals surface area contributed by atoms with Crippen molar-refractivity contribution < 1.29 is 24.2 Å². The van der Waals surface area contributed by atoms with Crippen LogP contribution < -0.4 is 10.1 Å². The number of halogens is 1. The van der Waals surface area contributed by atoms with Gasteiger partial charge in [-0.15, -0.1) is 0 Å². The molecule has 2 aromatic carbocycles. The van der Waals surface area contributed by atoms with Gasteiger partial charge in [0, 0.05) is 23.7 Å². The summed E-state index contributed by atoms with van der Waals surface area (Å²) < 4.78 is 5.12. The normalized spacial score (nSPS) is 15.2. The fraction of sp³-hybridized carbons (Fsp3) is 0.400. The number of carbonyl (C=O) groups excluding carboxylic acids is 2. The molecule has 1 atom stereocenters. The van der Waals surface area contributed by atoms with Crippen molar-refractivity contribution in [2.75, 3.05) is 20.2 Å². The molecule has 2 aromatic rings. The molecule has 2 N–H and O–H groups in total. The zero-order chi connectivity index (χ0) is 24.1. The van der Waals surface area contributed by atoms with Crippen molar-refractivity contribution in [2.45, 2.75) is 38.6 Å². The molecule has 33 heavy (non-hydrogen) atoms. The van der Waals surface area contributed by atoms with E-state index in [0.29, 0.717) is 24.0 Å². The Labute approximate surface area is 198 Å². The van der Waals surface area contributed by atoms with Gasteiger partial charge in [-0.25, -0.2) is 4.79 Å². The molecule has 0 saturated carbocycles. The number of piperidine rings is 1. The van der Waals surface area contributed by atoms with Crippen LogP contribution in [0.25, 0.3) is 0 Å². The van der Waals surface area contributed by atoms with Gasteiger partial charge in [0.1, 0.15) is 11.8 Å². The highest BCUT2D eigenvalue weighted by molar-refractivity contribution is 6.30. The quantitative estimate of drug-likeness (QED) is 0.629. The minimum Gasteiger partial charge on any atom is -0.497 e. The van der Waals surface area contributed by atoms with Gasteiger partial charge in [-0.05, 0) is 60.6 Å². The van der Waals surface area contributed by atoms with Gasteiger partial charge in [-0.2, -0.15) is 0 Å². The molecule has 0 spiro atoms. The van der Waals surface area contributed by atoms with Gasteiger partial charge in [0.2, 0.25) is 5.91 Å². The van der Waals surface area contributed by atoms with Crippen LogP contribution >= 0.6 is 11.6 Å². The maximum atomic E-state index is 13.3. The monoisotopic (exact) mass is 472 g/mol. The standard InChI is InChI=1S/C25H29ClN2O5/c1-15(2)22(27-23(29)18-12-19(25(31)32)14-21(13-18)33-3)24(30)28-10-8-17(9-11-28)16-4-6-20(26)7-5-16/h4-7,12-15,17,22H,8-11H2,1-3H3,(H,27,29)(H,31,32)/t22-/m1/s1. The molecule has 8 heteroatoms. The number of hydrogen-bond donors (Lipinski definition) is 2. The Morgan fingerprint density at radius 1 is 1.06 bits per heavy atom.